The number of allylic oxidation sites excluding steroid dienone is 1. The van der Waals surface area contributed by atoms with Gasteiger partial charge in [0.2, 0.25) is 0 Å². The van der Waals surface area contributed by atoms with Gasteiger partial charge in [-0.2, -0.15) is 0 Å². The third-order valence-electron chi connectivity index (χ3n) is 3.37. The molecule has 0 amide bonds. The highest BCUT2D eigenvalue weighted by Gasteiger charge is 2.36. The fraction of sp³-hybridized carbons (Fsp3) is 0.750. The average molecular weight is 209 g/mol. The van der Waals surface area contributed by atoms with E-state index in [2.05, 4.69) is 12.2 Å². The van der Waals surface area contributed by atoms with Gasteiger partial charge in [-0.25, -0.2) is 0 Å². The lowest BCUT2D eigenvalue weighted by atomic mass is 9.75. The second-order valence-corrected chi connectivity index (χ2v) is 4.79. The number of hydrogen-bond acceptors (Lipinski definition) is 3. The lowest BCUT2D eigenvalue weighted by Crippen LogP contribution is -2.44. The van der Waals surface area contributed by atoms with Gasteiger partial charge < -0.3 is 10.1 Å². The summed E-state index contributed by atoms with van der Waals surface area (Å²) in [6.45, 7) is 4.67. The Morgan fingerprint density at radius 2 is 2.40 bits per heavy atom. The minimum atomic E-state index is -0.204. The van der Waals surface area contributed by atoms with Crippen LogP contribution in [0.5, 0.6) is 0 Å². The summed E-state index contributed by atoms with van der Waals surface area (Å²) in [5.74, 6) is 0.286. The number of carbonyl (C=O) groups is 1. The molecule has 0 spiro atoms. The molecule has 0 aromatic heterocycles. The Hall–Kier alpha value is -0.830. The number of ketones is 1. The minimum Gasteiger partial charge on any atom is -0.501 e. The zero-order chi connectivity index (χ0) is 10.7. The fourth-order valence-electron chi connectivity index (χ4n) is 2.37. The third kappa shape index (κ3) is 2.23. The number of Topliss-reactive ketones (excluding diaryl/α,β-unsaturated/α-hetero) is 1. The van der Waals surface area contributed by atoms with Crippen molar-refractivity contribution in [2.24, 2.45) is 5.41 Å². The first-order valence-electron chi connectivity index (χ1n) is 5.78. The highest BCUT2D eigenvalue weighted by Crippen LogP contribution is 2.31. The lowest BCUT2D eigenvalue weighted by molar-refractivity contribution is -0.125. The molecule has 2 heterocycles. The van der Waals surface area contributed by atoms with Crippen molar-refractivity contribution in [3.05, 3.63) is 11.8 Å². The predicted octanol–water partition coefficient (Wildman–Crippen LogP) is 1.64. The van der Waals surface area contributed by atoms with Gasteiger partial charge in [-0.15, -0.1) is 0 Å². The van der Waals surface area contributed by atoms with Crippen molar-refractivity contribution in [3.8, 4) is 0 Å². The van der Waals surface area contributed by atoms with E-state index in [0.29, 0.717) is 0 Å². The number of rotatable bonds is 2. The van der Waals surface area contributed by atoms with Crippen molar-refractivity contribution in [3.63, 3.8) is 0 Å². The first-order chi connectivity index (χ1) is 7.22. The Kier molecular flexibility index (Phi) is 3.10. The minimum absolute atomic E-state index is 0.204. The highest BCUT2D eigenvalue weighted by atomic mass is 16.5. The van der Waals surface area contributed by atoms with Gasteiger partial charge in [0.15, 0.2) is 5.78 Å². The van der Waals surface area contributed by atoms with E-state index in [-0.39, 0.29) is 11.2 Å². The SMILES string of the molecule is CC1(C(=O)C2=COCCC2)CCCNC1. The van der Waals surface area contributed by atoms with Crippen LogP contribution in [-0.2, 0) is 9.53 Å². The molecule has 2 aliphatic heterocycles. The number of hydrogen-bond donors (Lipinski definition) is 1. The van der Waals surface area contributed by atoms with Crippen LogP contribution in [0.1, 0.15) is 32.6 Å². The van der Waals surface area contributed by atoms with Crippen LogP contribution in [0.2, 0.25) is 0 Å². The van der Waals surface area contributed by atoms with Gasteiger partial charge in [0.1, 0.15) is 0 Å². The molecule has 1 atom stereocenters. The van der Waals surface area contributed by atoms with E-state index < -0.39 is 0 Å². The highest BCUT2D eigenvalue weighted by molar-refractivity contribution is 5.99. The number of piperidine rings is 1. The molecule has 1 saturated heterocycles. The van der Waals surface area contributed by atoms with Crippen molar-refractivity contribution in [2.75, 3.05) is 19.7 Å². The smallest absolute Gasteiger partial charge is 0.169 e. The summed E-state index contributed by atoms with van der Waals surface area (Å²) >= 11 is 0. The maximum atomic E-state index is 12.3. The van der Waals surface area contributed by atoms with E-state index >= 15 is 0 Å². The molecule has 15 heavy (non-hydrogen) atoms. The number of nitrogens with one attached hydrogen (secondary N) is 1. The summed E-state index contributed by atoms with van der Waals surface area (Å²) in [4.78, 5) is 12.3. The van der Waals surface area contributed by atoms with Gasteiger partial charge in [0.25, 0.3) is 0 Å². The molecule has 0 saturated carbocycles. The quantitative estimate of drug-likeness (QED) is 0.751. The molecule has 3 heteroatoms. The van der Waals surface area contributed by atoms with Crippen molar-refractivity contribution in [2.45, 2.75) is 32.6 Å². The Morgan fingerprint density at radius 3 is 3.00 bits per heavy atom. The molecule has 84 valence electrons. The molecule has 0 aromatic rings. The summed E-state index contributed by atoms with van der Waals surface area (Å²) in [7, 11) is 0. The first-order valence-corrected chi connectivity index (χ1v) is 5.78. The number of ether oxygens (including phenoxy) is 1. The van der Waals surface area contributed by atoms with Gasteiger partial charge >= 0.3 is 0 Å². The van der Waals surface area contributed by atoms with E-state index in [0.717, 1.165) is 51.0 Å². The van der Waals surface area contributed by atoms with Gasteiger partial charge in [-0.05, 0) is 32.2 Å². The van der Waals surface area contributed by atoms with Crippen LogP contribution in [0.4, 0.5) is 0 Å². The van der Waals surface area contributed by atoms with Crippen LogP contribution in [0, 0.1) is 5.41 Å². The van der Waals surface area contributed by atoms with Crippen LogP contribution in [-0.4, -0.2) is 25.5 Å². The van der Waals surface area contributed by atoms with Crippen molar-refractivity contribution >= 4 is 5.78 Å². The largest absolute Gasteiger partial charge is 0.501 e. The molecular weight excluding hydrogens is 190 g/mol. The zero-order valence-electron chi connectivity index (χ0n) is 9.34. The summed E-state index contributed by atoms with van der Waals surface area (Å²) in [5, 5.41) is 3.31. The Labute approximate surface area is 90.9 Å². The van der Waals surface area contributed by atoms with Gasteiger partial charge in [0, 0.05) is 17.5 Å². The molecule has 2 rings (SSSR count). The lowest BCUT2D eigenvalue weighted by Gasteiger charge is -2.33. The molecule has 3 nitrogen and oxygen atoms in total. The Morgan fingerprint density at radius 1 is 1.53 bits per heavy atom. The molecule has 0 bridgehead atoms. The Bertz CT molecular complexity index is 277. The van der Waals surface area contributed by atoms with Crippen molar-refractivity contribution in [1.29, 1.82) is 0 Å². The Balaban J connectivity index is 2.08. The van der Waals surface area contributed by atoms with Crippen molar-refractivity contribution < 1.29 is 9.53 Å². The maximum Gasteiger partial charge on any atom is 0.169 e. The van der Waals surface area contributed by atoms with Gasteiger partial charge in [0.05, 0.1) is 12.9 Å². The van der Waals surface area contributed by atoms with E-state index in [4.69, 9.17) is 4.74 Å². The summed E-state index contributed by atoms with van der Waals surface area (Å²) in [6, 6.07) is 0. The maximum absolute atomic E-state index is 12.3. The molecule has 0 aromatic carbocycles. The molecule has 1 unspecified atom stereocenters. The molecule has 2 aliphatic rings. The summed E-state index contributed by atoms with van der Waals surface area (Å²) in [6.07, 6.45) is 5.62. The van der Waals surface area contributed by atoms with Crippen LogP contribution in [0.25, 0.3) is 0 Å². The monoisotopic (exact) mass is 209 g/mol. The zero-order valence-corrected chi connectivity index (χ0v) is 9.34. The summed E-state index contributed by atoms with van der Waals surface area (Å²) < 4.78 is 5.24. The summed E-state index contributed by atoms with van der Waals surface area (Å²) in [5.41, 5.74) is 0.678. The molecule has 1 fully saturated rings. The third-order valence-corrected chi connectivity index (χ3v) is 3.37. The first kappa shape index (κ1) is 10.7. The molecule has 1 N–H and O–H groups in total. The van der Waals surface area contributed by atoms with E-state index in [1.807, 2.05) is 0 Å². The molecular formula is C12H19NO2. The number of carbonyl (C=O) groups excluding carboxylic acids is 1. The van der Waals surface area contributed by atoms with Crippen LogP contribution < -0.4 is 5.32 Å². The normalized spacial score (nSPS) is 31.7. The molecule has 0 aliphatic carbocycles. The topological polar surface area (TPSA) is 38.3 Å². The fourth-order valence-corrected chi connectivity index (χ4v) is 2.37. The van der Waals surface area contributed by atoms with E-state index in [1.165, 1.54) is 0 Å². The van der Waals surface area contributed by atoms with Crippen LogP contribution in [0.15, 0.2) is 11.8 Å². The average Bonchev–Trinajstić information content (AvgIpc) is 2.30. The molecule has 0 radical (unpaired) electrons. The van der Waals surface area contributed by atoms with E-state index in [9.17, 15) is 4.79 Å². The van der Waals surface area contributed by atoms with Crippen LogP contribution >= 0.6 is 0 Å². The standard InChI is InChI=1S/C12H19NO2/c1-12(5-3-6-13-9-12)11(14)10-4-2-7-15-8-10/h8,13H,2-7,9H2,1H3. The predicted molar refractivity (Wildman–Crippen MR) is 58.5 cm³/mol. The van der Waals surface area contributed by atoms with Crippen molar-refractivity contribution in [1.82, 2.24) is 5.32 Å². The van der Waals surface area contributed by atoms with Gasteiger partial charge in [-0.3, -0.25) is 4.79 Å². The van der Waals surface area contributed by atoms with E-state index in [1.54, 1.807) is 6.26 Å². The second kappa shape index (κ2) is 4.35. The van der Waals surface area contributed by atoms with Gasteiger partial charge in [-0.1, -0.05) is 6.92 Å². The second-order valence-electron chi connectivity index (χ2n) is 4.79. The van der Waals surface area contributed by atoms with Crippen LogP contribution in [0.3, 0.4) is 0 Å².